The number of carbonyl (C=O) groups excluding carboxylic acids is 4. The van der Waals surface area contributed by atoms with Crippen molar-refractivity contribution in [2.24, 2.45) is 22.4 Å². The molecule has 0 aliphatic carbocycles. The highest BCUT2D eigenvalue weighted by Crippen LogP contribution is 2.42. The van der Waals surface area contributed by atoms with Gasteiger partial charge in [-0.15, -0.1) is 0 Å². The molecule has 8 N–H and O–H groups in total. The van der Waals surface area contributed by atoms with E-state index in [1.165, 1.54) is 0 Å². The fourth-order valence-electron chi connectivity index (χ4n) is 11.5. The normalized spacial score (nSPS) is 18.7. The summed E-state index contributed by atoms with van der Waals surface area (Å²) in [6.07, 6.45) is 6.28. The van der Waals surface area contributed by atoms with Gasteiger partial charge in [-0.3, -0.25) is 29.5 Å². The first-order chi connectivity index (χ1) is 37.1. The van der Waals surface area contributed by atoms with Gasteiger partial charge in [-0.05, 0) is 171 Å². The molecular weight excluding hydrogens is 1000 g/mol. The Morgan fingerprint density at radius 1 is 0.769 bits per heavy atom. The van der Waals surface area contributed by atoms with Crippen molar-refractivity contribution in [3.8, 4) is 5.75 Å². The van der Waals surface area contributed by atoms with E-state index < -0.39 is 45.6 Å². The van der Waals surface area contributed by atoms with Crippen LogP contribution in [0.15, 0.2) is 94.8 Å². The lowest BCUT2D eigenvalue weighted by Crippen LogP contribution is -2.58. The molecule has 4 amide bonds. The standard InChI is InChI=1S/C61H85N9O7S/c1-39(2)52(62)56(72)67-49(26-16-17-36-65-61(45-22-12-10-13-23-45,46-24-14-11-15-25-46)47-31-29-40(3)30-32-47)57(73)70-38-20-28-51(70)58(74)69-37-19-27-50(69)55(71)66-41(4)21-18-35-64-59(63)68-78(75,76)54-43(6)42(5)53-48(44(54)7)33-34-60(8,9)77-53/h10-15,22-25,29-32,39,41,49-52,65H,16-21,26-28,33-38,62H2,1-9H3,(H,66,71)(H,67,72)(H3,63,64,68). The van der Waals surface area contributed by atoms with Crippen molar-refractivity contribution in [2.75, 3.05) is 26.2 Å². The van der Waals surface area contributed by atoms with Crippen LogP contribution in [0, 0.1) is 33.6 Å². The predicted octanol–water partition coefficient (Wildman–Crippen LogP) is 7.10. The molecule has 3 heterocycles. The molecule has 78 heavy (non-hydrogen) atoms. The summed E-state index contributed by atoms with van der Waals surface area (Å²) in [7, 11) is -4.06. The lowest BCUT2D eigenvalue weighted by atomic mass is 9.76. The number of aryl methyl sites for hydroxylation is 1. The molecule has 4 aromatic rings. The Balaban J connectivity index is 0.953. The number of rotatable bonds is 22. The molecule has 3 aliphatic heterocycles. The number of sulfonamides is 1. The Morgan fingerprint density at radius 3 is 2.00 bits per heavy atom. The van der Waals surface area contributed by atoms with Crippen LogP contribution >= 0.6 is 0 Å². The number of amides is 4. The van der Waals surface area contributed by atoms with E-state index in [4.69, 9.17) is 16.2 Å². The van der Waals surface area contributed by atoms with Crippen LogP contribution in [0.3, 0.4) is 0 Å². The van der Waals surface area contributed by atoms with Gasteiger partial charge in [0.2, 0.25) is 29.6 Å². The van der Waals surface area contributed by atoms with E-state index in [-0.39, 0.29) is 52.7 Å². The number of benzene rings is 4. The summed E-state index contributed by atoms with van der Waals surface area (Å²) < 4.78 is 36.2. The van der Waals surface area contributed by atoms with Gasteiger partial charge in [0.05, 0.1) is 16.5 Å². The topological polar surface area (TPSA) is 231 Å². The van der Waals surface area contributed by atoms with Crippen molar-refractivity contribution in [2.45, 2.75) is 179 Å². The zero-order chi connectivity index (χ0) is 56.5. The number of nitrogens with zero attached hydrogens (tertiary/aromatic N) is 3. The number of hydrogen-bond acceptors (Lipinski definition) is 10. The Hall–Kier alpha value is -6.30. The molecule has 3 aliphatic rings. The van der Waals surface area contributed by atoms with Gasteiger partial charge in [-0.1, -0.05) is 104 Å². The second-order valence-electron chi connectivity index (χ2n) is 22.8. The average Bonchev–Trinajstić information content (AvgIpc) is 4.19. The van der Waals surface area contributed by atoms with E-state index in [0.29, 0.717) is 95.0 Å². The van der Waals surface area contributed by atoms with Crippen molar-refractivity contribution in [3.63, 3.8) is 0 Å². The largest absolute Gasteiger partial charge is 0.487 e. The number of nitrogens with two attached hydrogens (primary N) is 2. The van der Waals surface area contributed by atoms with Crippen LogP contribution in [0.1, 0.15) is 143 Å². The first-order valence-electron chi connectivity index (χ1n) is 28.1. The Morgan fingerprint density at radius 2 is 1.37 bits per heavy atom. The first-order valence-corrected chi connectivity index (χ1v) is 29.6. The molecule has 17 heteroatoms. The fourth-order valence-corrected chi connectivity index (χ4v) is 13.1. The third kappa shape index (κ3) is 13.6. The highest BCUT2D eigenvalue weighted by molar-refractivity contribution is 7.90. The second kappa shape index (κ2) is 25.7. The van der Waals surface area contributed by atoms with E-state index in [1.54, 1.807) is 23.6 Å². The minimum Gasteiger partial charge on any atom is -0.487 e. The van der Waals surface area contributed by atoms with Gasteiger partial charge in [0, 0.05) is 25.7 Å². The molecule has 7 rings (SSSR count). The fraction of sp³-hybridized carbons (Fsp3) is 0.525. The molecule has 0 bridgehead atoms. The highest BCUT2D eigenvalue weighted by Gasteiger charge is 2.44. The van der Waals surface area contributed by atoms with Crippen LogP contribution < -0.4 is 36.9 Å². The third-order valence-corrected chi connectivity index (χ3v) is 17.8. The zero-order valence-electron chi connectivity index (χ0n) is 47.4. The van der Waals surface area contributed by atoms with E-state index in [2.05, 4.69) is 81.1 Å². The molecule has 2 fully saturated rings. The SMILES string of the molecule is Cc1ccc(C(NCCCCC(NC(=O)C(N)C(C)C)C(=O)N2CCCC2C(=O)N2CCCC2C(=O)NC(C)CCCN=C(N)NS(=O)(=O)c2c(C)c(C)c3c(c2C)CCC(C)(C)O3)(c2ccccc2)c2ccccc2)cc1. The van der Waals surface area contributed by atoms with Crippen LogP contribution in [0.25, 0.3) is 0 Å². The Bertz CT molecular complexity index is 2860. The molecule has 0 saturated carbocycles. The molecule has 4 aromatic carbocycles. The number of hydrogen-bond donors (Lipinski definition) is 6. The molecule has 5 unspecified atom stereocenters. The minimum atomic E-state index is -4.06. The van der Waals surface area contributed by atoms with Gasteiger partial charge in [0.1, 0.15) is 29.5 Å². The molecule has 2 saturated heterocycles. The van der Waals surface area contributed by atoms with Gasteiger partial charge in [-0.25, -0.2) is 13.1 Å². The molecule has 0 radical (unpaired) electrons. The molecule has 0 aromatic heterocycles. The summed E-state index contributed by atoms with van der Waals surface area (Å²) in [5.74, 6) is -0.911. The third-order valence-electron chi connectivity index (χ3n) is 16.1. The number of ether oxygens (including phenoxy) is 1. The zero-order valence-corrected chi connectivity index (χ0v) is 48.2. The number of guanidine groups is 1. The van der Waals surface area contributed by atoms with Crippen molar-refractivity contribution < 1.29 is 32.3 Å². The van der Waals surface area contributed by atoms with Gasteiger partial charge in [0.15, 0.2) is 0 Å². The summed E-state index contributed by atoms with van der Waals surface area (Å²) in [5.41, 5.74) is 18.8. The molecule has 16 nitrogen and oxygen atoms in total. The van der Waals surface area contributed by atoms with Gasteiger partial charge >= 0.3 is 0 Å². The summed E-state index contributed by atoms with van der Waals surface area (Å²) in [4.78, 5) is 64.4. The Labute approximate surface area is 463 Å². The average molecular weight is 1090 g/mol. The highest BCUT2D eigenvalue weighted by atomic mass is 32.2. The Kier molecular flexibility index (Phi) is 19.5. The number of nitrogens with one attached hydrogen (secondary N) is 4. The first kappa shape index (κ1) is 59.4. The maximum absolute atomic E-state index is 14.7. The van der Waals surface area contributed by atoms with Crippen LogP contribution in [0.2, 0.25) is 0 Å². The lowest BCUT2D eigenvalue weighted by Gasteiger charge is -2.37. The number of unbranched alkanes of at least 4 members (excludes halogenated alkanes) is 1. The van der Waals surface area contributed by atoms with Crippen molar-refractivity contribution in [1.82, 2.24) is 30.5 Å². The lowest BCUT2D eigenvalue weighted by molar-refractivity contribution is -0.148. The van der Waals surface area contributed by atoms with E-state index in [0.717, 1.165) is 45.6 Å². The van der Waals surface area contributed by atoms with Crippen LogP contribution in [0.4, 0.5) is 0 Å². The van der Waals surface area contributed by atoms with Gasteiger partial charge in [-0.2, -0.15) is 0 Å². The van der Waals surface area contributed by atoms with Crippen molar-refractivity contribution >= 4 is 39.6 Å². The summed E-state index contributed by atoms with van der Waals surface area (Å²) in [6.45, 7) is 18.8. The smallest absolute Gasteiger partial charge is 0.264 e. The van der Waals surface area contributed by atoms with E-state index in [1.807, 2.05) is 77.9 Å². The molecule has 5 atom stereocenters. The van der Waals surface area contributed by atoms with E-state index >= 15 is 0 Å². The maximum Gasteiger partial charge on any atom is 0.264 e. The molecular formula is C61H85N9O7S. The number of aliphatic imine (C=N–C) groups is 1. The second-order valence-corrected chi connectivity index (χ2v) is 24.4. The van der Waals surface area contributed by atoms with Crippen molar-refractivity contribution in [1.29, 1.82) is 0 Å². The molecule has 0 spiro atoms. The monoisotopic (exact) mass is 1090 g/mol. The number of fused-ring (bicyclic) bond motifs is 1. The quantitative estimate of drug-likeness (QED) is 0.0202. The summed E-state index contributed by atoms with van der Waals surface area (Å²) in [6, 6.07) is 25.9. The summed E-state index contributed by atoms with van der Waals surface area (Å²) in [5, 5.41) is 10.0. The van der Waals surface area contributed by atoms with Crippen LogP contribution in [-0.2, 0) is 41.2 Å². The van der Waals surface area contributed by atoms with Crippen LogP contribution in [-0.4, -0.2) is 110 Å². The maximum atomic E-state index is 14.7. The molecule has 422 valence electrons. The number of carbonyl (C=O) groups is 4. The summed E-state index contributed by atoms with van der Waals surface area (Å²) >= 11 is 0. The van der Waals surface area contributed by atoms with Gasteiger partial charge < -0.3 is 36.6 Å². The number of likely N-dealkylation sites (tertiary alicyclic amines) is 2. The van der Waals surface area contributed by atoms with Crippen LogP contribution in [0.5, 0.6) is 5.75 Å². The van der Waals surface area contributed by atoms with E-state index in [9.17, 15) is 27.6 Å². The minimum absolute atomic E-state index is 0.160. The van der Waals surface area contributed by atoms with Crippen molar-refractivity contribution in [3.05, 3.63) is 129 Å². The predicted molar refractivity (Wildman–Crippen MR) is 307 cm³/mol. The van der Waals surface area contributed by atoms with Gasteiger partial charge in [0.25, 0.3) is 10.0 Å².